The lowest BCUT2D eigenvalue weighted by Crippen LogP contribution is -1.91. The van der Waals surface area contributed by atoms with Gasteiger partial charge >= 0.3 is 0 Å². The highest BCUT2D eigenvalue weighted by molar-refractivity contribution is 5.66. The van der Waals surface area contributed by atoms with Gasteiger partial charge in [-0.15, -0.1) is 10.2 Å². The van der Waals surface area contributed by atoms with Crippen LogP contribution >= 0.6 is 0 Å². The van der Waals surface area contributed by atoms with Gasteiger partial charge in [-0.1, -0.05) is 19.9 Å². The molecule has 0 unspecified atom stereocenters. The molecule has 0 radical (unpaired) electrons. The number of nitrogens with two attached hydrogens (primary N) is 1. The largest absolute Gasteiger partial charge is 0.420 e. The molecule has 1 aromatic heterocycles. The van der Waals surface area contributed by atoms with Gasteiger partial charge in [-0.3, -0.25) is 0 Å². The fraction of sp³-hybridized carbons (Fsp3) is 0.333. The SMILES string of the molecule is Cc1c(N)cccc1-c1nnc(C(C)C)o1. The first-order valence-corrected chi connectivity index (χ1v) is 5.28. The predicted octanol–water partition coefficient (Wildman–Crippen LogP) is 2.75. The van der Waals surface area contributed by atoms with Crippen LogP contribution in [0, 0.1) is 6.92 Å². The van der Waals surface area contributed by atoms with E-state index in [4.69, 9.17) is 10.2 Å². The van der Waals surface area contributed by atoms with E-state index in [1.807, 2.05) is 39.0 Å². The smallest absolute Gasteiger partial charge is 0.248 e. The van der Waals surface area contributed by atoms with Gasteiger partial charge in [0.05, 0.1) is 0 Å². The molecule has 0 aliphatic heterocycles. The highest BCUT2D eigenvalue weighted by Crippen LogP contribution is 2.27. The van der Waals surface area contributed by atoms with Crippen molar-refractivity contribution < 1.29 is 4.42 Å². The summed E-state index contributed by atoms with van der Waals surface area (Å²) in [5.74, 6) is 1.42. The van der Waals surface area contributed by atoms with Crippen molar-refractivity contribution in [2.24, 2.45) is 0 Å². The van der Waals surface area contributed by atoms with Gasteiger partial charge in [-0.25, -0.2) is 0 Å². The summed E-state index contributed by atoms with van der Waals surface area (Å²) < 4.78 is 5.59. The minimum absolute atomic E-state index is 0.239. The van der Waals surface area contributed by atoms with E-state index in [1.165, 1.54) is 0 Å². The molecule has 4 heteroatoms. The molecule has 0 bridgehead atoms. The molecule has 84 valence electrons. The number of nitrogens with zero attached hydrogens (tertiary/aromatic N) is 2. The molecule has 2 rings (SSSR count). The zero-order chi connectivity index (χ0) is 11.7. The van der Waals surface area contributed by atoms with Crippen LogP contribution in [0.5, 0.6) is 0 Å². The van der Waals surface area contributed by atoms with E-state index in [1.54, 1.807) is 0 Å². The van der Waals surface area contributed by atoms with E-state index >= 15 is 0 Å². The summed E-state index contributed by atoms with van der Waals surface area (Å²) in [5, 5.41) is 8.04. The van der Waals surface area contributed by atoms with Crippen LogP contribution in [0.1, 0.15) is 31.2 Å². The van der Waals surface area contributed by atoms with Crippen molar-refractivity contribution in [3.05, 3.63) is 29.7 Å². The fourth-order valence-electron chi connectivity index (χ4n) is 1.46. The molecule has 0 saturated carbocycles. The summed E-state index contributed by atoms with van der Waals surface area (Å²) in [7, 11) is 0. The molecular weight excluding hydrogens is 202 g/mol. The monoisotopic (exact) mass is 217 g/mol. The second-order valence-electron chi connectivity index (χ2n) is 4.12. The number of rotatable bonds is 2. The molecule has 2 aromatic rings. The van der Waals surface area contributed by atoms with Crippen molar-refractivity contribution in [2.75, 3.05) is 5.73 Å². The quantitative estimate of drug-likeness (QED) is 0.785. The van der Waals surface area contributed by atoms with Crippen molar-refractivity contribution in [2.45, 2.75) is 26.7 Å². The normalized spacial score (nSPS) is 11.0. The van der Waals surface area contributed by atoms with Crippen LogP contribution in [0.3, 0.4) is 0 Å². The van der Waals surface area contributed by atoms with E-state index in [0.29, 0.717) is 11.8 Å². The lowest BCUT2D eigenvalue weighted by Gasteiger charge is -2.03. The van der Waals surface area contributed by atoms with Crippen LogP contribution in [0.2, 0.25) is 0 Å². The molecule has 2 N–H and O–H groups in total. The molecule has 4 nitrogen and oxygen atoms in total. The molecule has 0 aliphatic carbocycles. The highest BCUT2D eigenvalue weighted by Gasteiger charge is 2.13. The first-order valence-electron chi connectivity index (χ1n) is 5.28. The molecule has 0 fully saturated rings. The Kier molecular flexibility index (Phi) is 2.64. The second kappa shape index (κ2) is 3.96. The molecule has 0 spiro atoms. The minimum atomic E-state index is 0.239. The van der Waals surface area contributed by atoms with E-state index in [9.17, 15) is 0 Å². The van der Waals surface area contributed by atoms with Gasteiger partial charge in [0.2, 0.25) is 11.8 Å². The summed E-state index contributed by atoms with van der Waals surface area (Å²) in [5.41, 5.74) is 8.45. The Bertz CT molecular complexity index is 503. The Morgan fingerprint density at radius 3 is 2.62 bits per heavy atom. The van der Waals surface area contributed by atoms with Crippen LogP contribution in [0.15, 0.2) is 22.6 Å². The van der Waals surface area contributed by atoms with Crippen LogP contribution in [-0.2, 0) is 0 Å². The Morgan fingerprint density at radius 2 is 2.00 bits per heavy atom. The van der Waals surface area contributed by atoms with Crippen LogP contribution in [-0.4, -0.2) is 10.2 Å². The summed E-state index contributed by atoms with van der Waals surface area (Å²) in [6.07, 6.45) is 0. The molecule has 0 atom stereocenters. The van der Waals surface area contributed by atoms with Crippen molar-refractivity contribution in [3.63, 3.8) is 0 Å². The van der Waals surface area contributed by atoms with Crippen LogP contribution < -0.4 is 5.73 Å². The van der Waals surface area contributed by atoms with Crippen LogP contribution in [0.25, 0.3) is 11.5 Å². The molecule has 0 saturated heterocycles. The average Bonchev–Trinajstić information content (AvgIpc) is 2.71. The van der Waals surface area contributed by atoms with Gasteiger partial charge in [0.15, 0.2) is 0 Å². The summed E-state index contributed by atoms with van der Waals surface area (Å²) in [6.45, 7) is 5.98. The molecule has 1 aromatic carbocycles. The van der Waals surface area contributed by atoms with E-state index in [0.717, 1.165) is 16.8 Å². The number of anilines is 1. The second-order valence-corrected chi connectivity index (χ2v) is 4.12. The molecular formula is C12H15N3O. The van der Waals surface area contributed by atoms with E-state index in [-0.39, 0.29) is 5.92 Å². The van der Waals surface area contributed by atoms with Gasteiger partial charge in [0.25, 0.3) is 0 Å². The first kappa shape index (κ1) is 10.7. The zero-order valence-corrected chi connectivity index (χ0v) is 9.69. The maximum atomic E-state index is 5.83. The van der Waals surface area contributed by atoms with Crippen molar-refractivity contribution >= 4 is 5.69 Å². The Labute approximate surface area is 94.5 Å². The van der Waals surface area contributed by atoms with Gasteiger partial charge in [0, 0.05) is 17.2 Å². The maximum absolute atomic E-state index is 5.83. The Hall–Kier alpha value is -1.84. The van der Waals surface area contributed by atoms with Crippen LogP contribution in [0.4, 0.5) is 5.69 Å². The van der Waals surface area contributed by atoms with E-state index in [2.05, 4.69) is 10.2 Å². The molecule has 16 heavy (non-hydrogen) atoms. The topological polar surface area (TPSA) is 64.9 Å². The molecule has 1 heterocycles. The average molecular weight is 217 g/mol. The van der Waals surface area contributed by atoms with Crippen molar-refractivity contribution in [3.8, 4) is 11.5 Å². The summed E-state index contributed by atoms with van der Waals surface area (Å²) in [6, 6.07) is 5.68. The third kappa shape index (κ3) is 1.78. The first-order chi connectivity index (χ1) is 7.59. The molecule has 0 amide bonds. The third-order valence-corrected chi connectivity index (χ3v) is 2.54. The van der Waals surface area contributed by atoms with Gasteiger partial charge < -0.3 is 10.2 Å². The third-order valence-electron chi connectivity index (χ3n) is 2.54. The van der Waals surface area contributed by atoms with Crippen molar-refractivity contribution in [1.82, 2.24) is 10.2 Å². The van der Waals surface area contributed by atoms with Crippen molar-refractivity contribution in [1.29, 1.82) is 0 Å². The lowest BCUT2D eigenvalue weighted by molar-refractivity contribution is 0.481. The lowest BCUT2D eigenvalue weighted by atomic mass is 10.1. The zero-order valence-electron chi connectivity index (χ0n) is 9.69. The predicted molar refractivity (Wildman–Crippen MR) is 63.0 cm³/mol. The Morgan fingerprint density at radius 1 is 1.25 bits per heavy atom. The standard InChI is InChI=1S/C12H15N3O/c1-7(2)11-14-15-12(16-11)9-5-4-6-10(13)8(9)3/h4-7H,13H2,1-3H3. The molecule has 0 aliphatic rings. The number of hydrogen-bond acceptors (Lipinski definition) is 4. The highest BCUT2D eigenvalue weighted by atomic mass is 16.4. The minimum Gasteiger partial charge on any atom is -0.420 e. The number of hydrogen-bond donors (Lipinski definition) is 1. The van der Waals surface area contributed by atoms with E-state index < -0.39 is 0 Å². The van der Waals surface area contributed by atoms with Gasteiger partial charge in [-0.2, -0.15) is 0 Å². The number of nitrogen functional groups attached to an aromatic ring is 1. The fourth-order valence-corrected chi connectivity index (χ4v) is 1.46. The maximum Gasteiger partial charge on any atom is 0.248 e. The van der Waals surface area contributed by atoms with Gasteiger partial charge in [0.1, 0.15) is 0 Å². The summed E-state index contributed by atoms with van der Waals surface area (Å²) in [4.78, 5) is 0. The Balaban J connectivity index is 2.47. The summed E-state index contributed by atoms with van der Waals surface area (Å²) >= 11 is 0. The number of benzene rings is 1. The number of aromatic nitrogens is 2. The van der Waals surface area contributed by atoms with Gasteiger partial charge in [-0.05, 0) is 24.6 Å².